The van der Waals surface area contributed by atoms with Crippen LogP contribution in [0.15, 0.2) is 72.8 Å². The molecule has 4 nitrogen and oxygen atoms in total. The monoisotopic (exact) mass is 500 g/mol. The third-order valence-corrected chi connectivity index (χ3v) is 7.08. The zero-order chi connectivity index (χ0) is 25.9. The average molecular weight is 501 g/mol. The summed E-state index contributed by atoms with van der Waals surface area (Å²) >= 11 is 0. The van der Waals surface area contributed by atoms with Gasteiger partial charge in [0, 0.05) is 18.9 Å². The zero-order valence-corrected chi connectivity index (χ0v) is 22.3. The Hall–Kier alpha value is -3.11. The van der Waals surface area contributed by atoms with Gasteiger partial charge >= 0.3 is 5.97 Å². The van der Waals surface area contributed by atoms with Crippen LogP contribution in [0.3, 0.4) is 0 Å². The Kier molecular flexibility index (Phi) is 10.2. The SMILES string of the molecule is CCCCCOC(Cc1ccc(OCCCCC2c3ccccc3-c3ccccc32)cc1)C(=O)OCC. The summed E-state index contributed by atoms with van der Waals surface area (Å²) in [7, 11) is 0. The maximum Gasteiger partial charge on any atom is 0.335 e. The molecule has 4 heteroatoms. The lowest BCUT2D eigenvalue weighted by atomic mass is 9.92. The van der Waals surface area contributed by atoms with Gasteiger partial charge in [0.15, 0.2) is 6.10 Å². The molecule has 0 N–H and O–H groups in total. The Balaban J connectivity index is 1.23. The Bertz CT molecular complexity index is 1080. The van der Waals surface area contributed by atoms with E-state index >= 15 is 0 Å². The van der Waals surface area contributed by atoms with Gasteiger partial charge in [-0.1, -0.05) is 80.4 Å². The van der Waals surface area contributed by atoms with Crippen molar-refractivity contribution in [2.24, 2.45) is 0 Å². The van der Waals surface area contributed by atoms with Gasteiger partial charge in [0.2, 0.25) is 0 Å². The number of benzene rings is 3. The van der Waals surface area contributed by atoms with Crippen LogP contribution in [0.5, 0.6) is 5.75 Å². The number of hydrogen-bond donors (Lipinski definition) is 0. The fraction of sp³-hybridized carbons (Fsp3) is 0.424. The second kappa shape index (κ2) is 14.0. The van der Waals surface area contributed by atoms with Crippen LogP contribution in [0.1, 0.15) is 75.0 Å². The van der Waals surface area contributed by atoms with E-state index < -0.39 is 6.10 Å². The lowest BCUT2D eigenvalue weighted by Crippen LogP contribution is -2.29. The number of rotatable bonds is 15. The lowest BCUT2D eigenvalue weighted by molar-refractivity contribution is -0.156. The average Bonchev–Trinajstić information content (AvgIpc) is 3.25. The molecule has 1 atom stereocenters. The summed E-state index contributed by atoms with van der Waals surface area (Å²) in [6.07, 6.45) is 6.38. The number of carbonyl (C=O) groups is 1. The van der Waals surface area contributed by atoms with Gasteiger partial charge in [-0.25, -0.2) is 4.79 Å². The number of esters is 1. The predicted molar refractivity (Wildman–Crippen MR) is 149 cm³/mol. The molecule has 0 spiro atoms. The Morgan fingerprint density at radius 1 is 0.784 bits per heavy atom. The van der Waals surface area contributed by atoms with Crippen LogP contribution in [0.4, 0.5) is 0 Å². The molecule has 0 heterocycles. The molecule has 0 saturated carbocycles. The van der Waals surface area contributed by atoms with E-state index in [-0.39, 0.29) is 5.97 Å². The van der Waals surface area contributed by atoms with Gasteiger partial charge in [-0.15, -0.1) is 0 Å². The van der Waals surface area contributed by atoms with E-state index in [1.807, 2.05) is 31.2 Å². The molecule has 3 aromatic carbocycles. The molecule has 0 fully saturated rings. The molecule has 0 aromatic heterocycles. The molecule has 1 aliphatic carbocycles. The van der Waals surface area contributed by atoms with E-state index in [4.69, 9.17) is 14.2 Å². The molecule has 37 heavy (non-hydrogen) atoms. The van der Waals surface area contributed by atoms with Crippen LogP contribution in [-0.4, -0.2) is 31.9 Å². The molecule has 0 radical (unpaired) electrons. The van der Waals surface area contributed by atoms with Crippen molar-refractivity contribution in [2.75, 3.05) is 19.8 Å². The molecule has 196 valence electrons. The second-order valence-corrected chi connectivity index (χ2v) is 9.74. The summed E-state index contributed by atoms with van der Waals surface area (Å²) in [5.41, 5.74) is 6.72. The fourth-order valence-electron chi connectivity index (χ4n) is 5.17. The van der Waals surface area contributed by atoms with Crippen molar-refractivity contribution >= 4 is 5.97 Å². The number of carbonyl (C=O) groups excluding carboxylic acids is 1. The van der Waals surface area contributed by atoms with E-state index in [9.17, 15) is 4.79 Å². The van der Waals surface area contributed by atoms with Crippen molar-refractivity contribution in [1.82, 2.24) is 0 Å². The van der Waals surface area contributed by atoms with Gasteiger partial charge in [-0.3, -0.25) is 0 Å². The molecular formula is C33H40O4. The van der Waals surface area contributed by atoms with Crippen LogP contribution < -0.4 is 4.74 Å². The van der Waals surface area contributed by atoms with E-state index in [1.165, 1.54) is 22.3 Å². The summed E-state index contributed by atoms with van der Waals surface area (Å²) in [5.74, 6) is 1.05. The fourth-order valence-corrected chi connectivity index (χ4v) is 5.17. The zero-order valence-electron chi connectivity index (χ0n) is 22.3. The van der Waals surface area contributed by atoms with Crippen LogP contribution in [-0.2, 0) is 20.7 Å². The van der Waals surface area contributed by atoms with Gasteiger partial charge in [0.05, 0.1) is 13.2 Å². The molecule has 4 rings (SSSR count). The molecule has 1 unspecified atom stereocenters. The smallest absolute Gasteiger partial charge is 0.335 e. The summed E-state index contributed by atoms with van der Waals surface area (Å²) in [6, 6.07) is 25.6. The Labute approximate surface area is 222 Å². The van der Waals surface area contributed by atoms with Crippen LogP contribution >= 0.6 is 0 Å². The first-order valence-electron chi connectivity index (χ1n) is 13.9. The highest BCUT2D eigenvalue weighted by Crippen LogP contribution is 2.46. The minimum absolute atomic E-state index is 0.285. The maximum atomic E-state index is 12.3. The largest absolute Gasteiger partial charge is 0.494 e. The van der Waals surface area contributed by atoms with Gasteiger partial charge in [-0.2, -0.15) is 0 Å². The minimum Gasteiger partial charge on any atom is -0.494 e. The summed E-state index contributed by atoms with van der Waals surface area (Å²) < 4.78 is 17.1. The van der Waals surface area contributed by atoms with Crippen LogP contribution in [0, 0.1) is 0 Å². The van der Waals surface area contributed by atoms with E-state index in [0.717, 1.165) is 49.8 Å². The van der Waals surface area contributed by atoms with E-state index in [0.29, 0.717) is 32.2 Å². The number of hydrogen-bond acceptors (Lipinski definition) is 4. The van der Waals surface area contributed by atoms with Crippen LogP contribution in [0.2, 0.25) is 0 Å². The van der Waals surface area contributed by atoms with Crippen molar-refractivity contribution in [1.29, 1.82) is 0 Å². The summed E-state index contributed by atoms with van der Waals surface area (Å²) in [5, 5.41) is 0. The quantitative estimate of drug-likeness (QED) is 0.158. The highest BCUT2D eigenvalue weighted by Gasteiger charge is 2.27. The minimum atomic E-state index is -0.561. The lowest BCUT2D eigenvalue weighted by Gasteiger charge is -2.17. The van der Waals surface area contributed by atoms with E-state index in [1.54, 1.807) is 0 Å². The Morgan fingerprint density at radius 3 is 2.08 bits per heavy atom. The van der Waals surface area contributed by atoms with Gasteiger partial charge in [-0.05, 0) is 72.6 Å². The van der Waals surface area contributed by atoms with Crippen molar-refractivity contribution < 1.29 is 19.0 Å². The van der Waals surface area contributed by atoms with Crippen molar-refractivity contribution in [3.63, 3.8) is 0 Å². The highest BCUT2D eigenvalue weighted by molar-refractivity contribution is 5.78. The predicted octanol–water partition coefficient (Wildman–Crippen LogP) is 7.73. The summed E-state index contributed by atoms with van der Waals surface area (Å²) in [4.78, 5) is 12.3. The second-order valence-electron chi connectivity index (χ2n) is 9.74. The molecule has 1 aliphatic rings. The number of unbranched alkanes of at least 4 members (excludes halogenated alkanes) is 3. The molecular weight excluding hydrogens is 460 g/mol. The third kappa shape index (κ3) is 7.23. The molecule has 0 saturated heterocycles. The Morgan fingerprint density at radius 2 is 1.43 bits per heavy atom. The number of ether oxygens (including phenoxy) is 3. The highest BCUT2D eigenvalue weighted by atomic mass is 16.6. The van der Waals surface area contributed by atoms with Crippen molar-refractivity contribution in [2.45, 2.75) is 70.8 Å². The van der Waals surface area contributed by atoms with Gasteiger partial charge in [0.1, 0.15) is 5.75 Å². The van der Waals surface area contributed by atoms with Crippen molar-refractivity contribution in [3.8, 4) is 16.9 Å². The third-order valence-electron chi connectivity index (χ3n) is 7.08. The van der Waals surface area contributed by atoms with Crippen LogP contribution in [0.25, 0.3) is 11.1 Å². The van der Waals surface area contributed by atoms with Gasteiger partial charge < -0.3 is 14.2 Å². The topological polar surface area (TPSA) is 44.8 Å². The standard InChI is InChI=1S/C33H40O4/c1-3-5-11-23-37-32(33(34)35-4-2)24-25-18-20-26(21-19-25)36-22-12-10-17-31-29-15-8-6-13-27(29)28-14-7-9-16-30(28)31/h6-9,13-16,18-21,31-32H,3-5,10-12,17,22-24H2,1-2H3. The normalized spacial score (nSPS) is 13.1. The van der Waals surface area contributed by atoms with Gasteiger partial charge in [0.25, 0.3) is 0 Å². The maximum absolute atomic E-state index is 12.3. The molecule has 0 bridgehead atoms. The summed E-state index contributed by atoms with van der Waals surface area (Å²) in [6.45, 7) is 5.61. The van der Waals surface area contributed by atoms with Crippen molar-refractivity contribution in [3.05, 3.63) is 89.5 Å². The molecule has 3 aromatic rings. The molecule has 0 amide bonds. The van der Waals surface area contributed by atoms with E-state index in [2.05, 4.69) is 55.5 Å². The first-order chi connectivity index (χ1) is 18.2. The first kappa shape index (κ1) is 26.9. The molecule has 0 aliphatic heterocycles. The number of fused-ring (bicyclic) bond motifs is 3. The first-order valence-corrected chi connectivity index (χ1v) is 13.9.